The summed E-state index contributed by atoms with van der Waals surface area (Å²) in [6.45, 7) is 0.365. The van der Waals surface area contributed by atoms with E-state index in [9.17, 15) is 9.59 Å². The van der Waals surface area contributed by atoms with Gasteiger partial charge in [-0.05, 0) is 46.8 Å². The first-order valence-electron chi connectivity index (χ1n) is 9.75. The van der Waals surface area contributed by atoms with Crippen molar-refractivity contribution < 1.29 is 14.0 Å². The Morgan fingerprint density at radius 3 is 2.39 bits per heavy atom. The van der Waals surface area contributed by atoms with E-state index in [-0.39, 0.29) is 23.7 Å². The second-order valence-corrected chi connectivity index (χ2v) is 7.79. The monoisotopic (exact) mass is 431 g/mol. The molecule has 3 N–H and O–H groups in total. The number of furan rings is 1. The van der Waals surface area contributed by atoms with Gasteiger partial charge in [-0.2, -0.15) is 0 Å². The van der Waals surface area contributed by atoms with Gasteiger partial charge in [-0.3, -0.25) is 4.79 Å². The molecule has 1 atom stereocenters. The van der Waals surface area contributed by atoms with Crippen LogP contribution in [0.5, 0.6) is 0 Å². The van der Waals surface area contributed by atoms with Crippen LogP contribution in [0.3, 0.4) is 0 Å². The van der Waals surface area contributed by atoms with Crippen LogP contribution in [0.15, 0.2) is 94.9 Å². The molecule has 2 aromatic heterocycles. The maximum absolute atomic E-state index is 12.6. The number of urea groups is 1. The van der Waals surface area contributed by atoms with E-state index in [1.165, 1.54) is 6.26 Å². The molecule has 3 amide bonds. The topological polar surface area (TPSA) is 83.4 Å². The molecule has 0 aliphatic heterocycles. The fraction of sp³-hybridized carbons (Fsp3) is 0.0833. The number of carbonyl (C=O) groups excluding carboxylic acids is 2. The number of carbonyl (C=O) groups is 2. The van der Waals surface area contributed by atoms with Crippen LogP contribution in [0.1, 0.15) is 32.6 Å². The summed E-state index contributed by atoms with van der Waals surface area (Å²) < 4.78 is 5.08. The molecule has 31 heavy (non-hydrogen) atoms. The van der Waals surface area contributed by atoms with Crippen LogP contribution in [0.4, 0.5) is 10.5 Å². The number of rotatable bonds is 7. The first-order valence-corrected chi connectivity index (χ1v) is 10.6. The van der Waals surface area contributed by atoms with Gasteiger partial charge in [-0.15, -0.1) is 11.3 Å². The summed E-state index contributed by atoms with van der Waals surface area (Å²) in [5, 5.41) is 10.7. The predicted molar refractivity (Wildman–Crippen MR) is 121 cm³/mol. The van der Waals surface area contributed by atoms with E-state index in [1.54, 1.807) is 35.6 Å². The molecule has 6 nitrogen and oxygen atoms in total. The smallest absolute Gasteiger partial charge is 0.315 e. The van der Waals surface area contributed by atoms with E-state index in [0.29, 0.717) is 12.2 Å². The molecule has 4 aromatic rings. The number of thiophene rings is 1. The largest absolute Gasteiger partial charge is 0.459 e. The molecular weight excluding hydrogens is 410 g/mol. The van der Waals surface area contributed by atoms with Crippen LogP contribution in [-0.2, 0) is 6.54 Å². The molecule has 0 bridgehead atoms. The summed E-state index contributed by atoms with van der Waals surface area (Å²) >= 11 is 1.60. The summed E-state index contributed by atoms with van der Waals surface area (Å²) in [5.41, 5.74) is 2.59. The lowest BCUT2D eigenvalue weighted by atomic mass is 10.1. The zero-order chi connectivity index (χ0) is 21.5. The van der Waals surface area contributed by atoms with Crippen molar-refractivity contribution in [1.82, 2.24) is 10.6 Å². The molecule has 0 fully saturated rings. The summed E-state index contributed by atoms with van der Waals surface area (Å²) in [6.07, 6.45) is 1.45. The molecule has 0 spiro atoms. The first-order chi connectivity index (χ1) is 15.2. The maximum Gasteiger partial charge on any atom is 0.315 e. The highest BCUT2D eigenvalue weighted by Crippen LogP contribution is 2.25. The molecular formula is C24H21N3O3S. The van der Waals surface area contributed by atoms with Crippen LogP contribution in [0.2, 0.25) is 0 Å². The molecule has 0 aliphatic carbocycles. The van der Waals surface area contributed by atoms with Gasteiger partial charge < -0.3 is 20.4 Å². The van der Waals surface area contributed by atoms with Crippen molar-refractivity contribution in [2.75, 3.05) is 5.32 Å². The highest BCUT2D eigenvalue weighted by molar-refractivity contribution is 7.10. The normalized spacial score (nSPS) is 11.5. The zero-order valence-corrected chi connectivity index (χ0v) is 17.4. The fourth-order valence-electron chi connectivity index (χ4n) is 3.09. The van der Waals surface area contributed by atoms with Crippen molar-refractivity contribution in [2.45, 2.75) is 12.6 Å². The van der Waals surface area contributed by atoms with Crippen LogP contribution < -0.4 is 16.0 Å². The number of anilines is 1. The Morgan fingerprint density at radius 2 is 1.71 bits per heavy atom. The Hall–Kier alpha value is -3.84. The second kappa shape index (κ2) is 9.77. The third-order valence-corrected chi connectivity index (χ3v) is 5.58. The van der Waals surface area contributed by atoms with Gasteiger partial charge in [0.1, 0.15) is 0 Å². The van der Waals surface area contributed by atoms with Crippen molar-refractivity contribution >= 4 is 29.0 Å². The van der Waals surface area contributed by atoms with Crippen LogP contribution in [0.25, 0.3) is 0 Å². The predicted octanol–water partition coefficient (Wildman–Crippen LogP) is 5.18. The van der Waals surface area contributed by atoms with E-state index in [0.717, 1.165) is 16.0 Å². The Morgan fingerprint density at radius 1 is 0.903 bits per heavy atom. The molecule has 0 saturated heterocycles. The Balaban J connectivity index is 1.33. The number of amides is 3. The number of hydrogen-bond donors (Lipinski definition) is 3. The standard InChI is InChI=1S/C24H21N3O3S/c28-23(20-8-4-14-30-20)26-19-12-10-17(11-13-19)16-25-24(29)27-22(21-9-5-15-31-21)18-6-2-1-3-7-18/h1-15,22H,16H2,(H,26,28)(H2,25,27,29)/t22-/m0/s1. The van der Waals surface area contributed by atoms with E-state index < -0.39 is 0 Å². The molecule has 156 valence electrons. The molecule has 7 heteroatoms. The third kappa shape index (κ3) is 5.40. The molecule has 0 saturated carbocycles. The van der Waals surface area contributed by atoms with Gasteiger partial charge in [0.2, 0.25) is 0 Å². The molecule has 0 aliphatic rings. The average Bonchev–Trinajstić information content (AvgIpc) is 3.52. The number of hydrogen-bond acceptors (Lipinski definition) is 4. The third-order valence-electron chi connectivity index (χ3n) is 4.65. The summed E-state index contributed by atoms with van der Waals surface area (Å²) in [5.74, 6) is -0.0584. The van der Waals surface area contributed by atoms with Crippen molar-refractivity contribution in [3.05, 3.63) is 112 Å². The van der Waals surface area contributed by atoms with Gasteiger partial charge in [0.25, 0.3) is 5.91 Å². The van der Waals surface area contributed by atoms with Crippen molar-refractivity contribution in [3.8, 4) is 0 Å². The SMILES string of the molecule is O=C(NCc1ccc(NC(=O)c2ccco2)cc1)N[C@@H](c1ccccc1)c1cccs1. The Bertz CT molecular complexity index is 1110. The minimum absolute atomic E-state index is 0.208. The van der Waals surface area contributed by atoms with Crippen LogP contribution in [0, 0.1) is 0 Å². The minimum atomic E-state index is -0.309. The molecule has 0 unspecified atom stereocenters. The lowest BCUT2D eigenvalue weighted by Gasteiger charge is -2.18. The highest BCUT2D eigenvalue weighted by atomic mass is 32.1. The molecule has 2 aromatic carbocycles. The van der Waals surface area contributed by atoms with Gasteiger partial charge in [-0.25, -0.2) is 4.79 Å². The van der Waals surface area contributed by atoms with E-state index in [1.807, 2.05) is 60.0 Å². The highest BCUT2D eigenvalue weighted by Gasteiger charge is 2.17. The molecule has 2 heterocycles. The number of benzene rings is 2. The zero-order valence-electron chi connectivity index (χ0n) is 16.6. The van der Waals surface area contributed by atoms with Crippen molar-refractivity contribution in [3.63, 3.8) is 0 Å². The van der Waals surface area contributed by atoms with Gasteiger partial charge >= 0.3 is 6.03 Å². The van der Waals surface area contributed by atoms with Gasteiger partial charge in [0.15, 0.2) is 5.76 Å². The summed E-state index contributed by atoms with van der Waals surface area (Å²) in [4.78, 5) is 25.6. The minimum Gasteiger partial charge on any atom is -0.459 e. The van der Waals surface area contributed by atoms with Gasteiger partial charge in [-0.1, -0.05) is 48.5 Å². The fourth-order valence-corrected chi connectivity index (χ4v) is 3.89. The summed E-state index contributed by atoms with van der Waals surface area (Å²) in [6, 6.07) is 23.9. The van der Waals surface area contributed by atoms with Crippen LogP contribution >= 0.6 is 11.3 Å². The molecule has 0 radical (unpaired) electrons. The maximum atomic E-state index is 12.6. The summed E-state index contributed by atoms with van der Waals surface area (Å²) in [7, 11) is 0. The number of nitrogens with one attached hydrogen (secondary N) is 3. The van der Waals surface area contributed by atoms with Gasteiger partial charge in [0, 0.05) is 17.1 Å². The van der Waals surface area contributed by atoms with E-state index in [2.05, 4.69) is 16.0 Å². The first kappa shape index (κ1) is 20.4. The quantitative estimate of drug-likeness (QED) is 0.377. The molecule has 4 rings (SSSR count). The van der Waals surface area contributed by atoms with E-state index >= 15 is 0 Å². The van der Waals surface area contributed by atoms with Crippen LogP contribution in [-0.4, -0.2) is 11.9 Å². The Kier molecular flexibility index (Phi) is 6.44. The lowest BCUT2D eigenvalue weighted by molar-refractivity contribution is 0.0996. The second-order valence-electron chi connectivity index (χ2n) is 6.81. The lowest BCUT2D eigenvalue weighted by Crippen LogP contribution is -2.37. The van der Waals surface area contributed by atoms with Crippen molar-refractivity contribution in [1.29, 1.82) is 0 Å². The van der Waals surface area contributed by atoms with Gasteiger partial charge in [0.05, 0.1) is 12.3 Å². The van der Waals surface area contributed by atoms with Crippen molar-refractivity contribution in [2.24, 2.45) is 0 Å². The van der Waals surface area contributed by atoms with E-state index in [4.69, 9.17) is 4.42 Å². The average molecular weight is 432 g/mol. The Labute approximate surface area is 183 Å².